The van der Waals surface area contributed by atoms with Crippen molar-refractivity contribution in [2.75, 3.05) is 5.84 Å². The second kappa shape index (κ2) is 7.02. The van der Waals surface area contributed by atoms with Crippen LogP contribution in [-0.2, 0) is 17.5 Å². The smallest absolute Gasteiger partial charge is 0.286 e. The molecule has 7 heteroatoms. The van der Waals surface area contributed by atoms with Crippen molar-refractivity contribution < 1.29 is 21.7 Å². The van der Waals surface area contributed by atoms with Gasteiger partial charge >= 0.3 is 0 Å². The van der Waals surface area contributed by atoms with E-state index in [1.165, 1.54) is 11.0 Å². The number of nitriles is 1. The number of aromatic nitrogens is 3. The van der Waals surface area contributed by atoms with Crippen LogP contribution in [0.15, 0.2) is 30.9 Å². The molecule has 0 bridgehead atoms. The van der Waals surface area contributed by atoms with E-state index in [1.807, 2.05) is 45.9 Å². The van der Waals surface area contributed by atoms with E-state index in [2.05, 4.69) is 16.0 Å². The van der Waals surface area contributed by atoms with Gasteiger partial charge in [-0.1, -0.05) is 6.07 Å². The van der Waals surface area contributed by atoms with Gasteiger partial charge in [-0.05, 0) is 37.1 Å². The molecule has 126 valence electrons. The van der Waals surface area contributed by atoms with E-state index in [4.69, 9.17) is 12.4 Å². The number of halogens is 1. The average molecular weight is 389 g/mol. The summed E-state index contributed by atoms with van der Waals surface area (Å²) in [5.74, 6) is 5.62. The molecular weight excluding hydrogens is 368 g/mol. The molecule has 0 saturated heterocycles. The Kier molecular flexibility index (Phi) is 5.75. The second-order valence-corrected chi connectivity index (χ2v) is 6.72. The van der Waals surface area contributed by atoms with Gasteiger partial charge in [-0.15, -0.1) is 9.36 Å². The lowest BCUT2D eigenvalue weighted by molar-refractivity contribution is -0.639. The van der Waals surface area contributed by atoms with Crippen molar-refractivity contribution in [2.24, 2.45) is 0 Å². The normalized spacial score (nSPS) is 11.2. The van der Waals surface area contributed by atoms with Crippen molar-refractivity contribution in [1.82, 2.24) is 9.78 Å². The van der Waals surface area contributed by atoms with Crippen LogP contribution in [0.1, 0.15) is 44.4 Å². The first-order chi connectivity index (χ1) is 10.7. The van der Waals surface area contributed by atoms with Gasteiger partial charge in [0.15, 0.2) is 0 Å². The molecule has 0 spiro atoms. The molecule has 0 atom stereocenters. The molecule has 2 N–H and O–H groups in total. The van der Waals surface area contributed by atoms with Gasteiger partial charge in [-0.25, -0.2) is 6.57 Å². The summed E-state index contributed by atoms with van der Waals surface area (Å²) in [5, 5.41) is 13.6. The Morgan fingerprint density at radius 2 is 1.92 bits per heavy atom. The van der Waals surface area contributed by atoms with Gasteiger partial charge in [0.05, 0.1) is 11.5 Å². The number of hydrogen-bond acceptors (Lipinski definition) is 3. The molecule has 0 aliphatic carbocycles. The van der Waals surface area contributed by atoms with Crippen molar-refractivity contribution in [1.29, 1.82) is 5.26 Å². The van der Waals surface area contributed by atoms with Gasteiger partial charge in [0, 0.05) is 24.5 Å². The van der Waals surface area contributed by atoms with E-state index in [1.54, 1.807) is 11.0 Å². The van der Waals surface area contributed by atoms with Crippen LogP contribution in [0.25, 0.3) is 4.85 Å². The van der Waals surface area contributed by atoms with Gasteiger partial charge in [0.2, 0.25) is 6.33 Å². The van der Waals surface area contributed by atoms with Crippen molar-refractivity contribution in [3.63, 3.8) is 0 Å². The summed E-state index contributed by atoms with van der Waals surface area (Å²) in [4.78, 5) is 3.71. The Morgan fingerprint density at radius 3 is 2.42 bits per heavy atom. The van der Waals surface area contributed by atoms with Crippen LogP contribution in [0, 0.1) is 17.9 Å². The van der Waals surface area contributed by atoms with Crippen molar-refractivity contribution in [2.45, 2.75) is 45.2 Å². The average Bonchev–Trinajstić information content (AvgIpc) is 2.92. The maximum atomic E-state index is 9.43. The van der Waals surface area contributed by atoms with Crippen LogP contribution < -0.4 is 27.5 Å². The quantitative estimate of drug-likeness (QED) is 0.410. The van der Waals surface area contributed by atoms with E-state index in [-0.39, 0.29) is 17.0 Å². The molecule has 1 heterocycles. The minimum Gasteiger partial charge on any atom is -1.00 e. The topological polar surface area (TPSA) is 75.9 Å². The third-order valence-electron chi connectivity index (χ3n) is 3.92. The third-order valence-corrected chi connectivity index (χ3v) is 3.92. The van der Waals surface area contributed by atoms with Crippen LogP contribution in [-0.4, -0.2) is 9.78 Å². The van der Waals surface area contributed by atoms with Gasteiger partial charge < -0.3 is 21.8 Å². The highest BCUT2D eigenvalue weighted by Gasteiger charge is 2.30. The van der Waals surface area contributed by atoms with E-state index < -0.39 is 11.0 Å². The Morgan fingerprint density at radius 1 is 1.29 bits per heavy atom. The fourth-order valence-electron chi connectivity index (χ4n) is 2.23. The first-order valence-corrected chi connectivity index (χ1v) is 7.31. The van der Waals surface area contributed by atoms with Crippen molar-refractivity contribution >= 4 is 0 Å². The number of hydrogen-bond donors (Lipinski definition) is 1. The Balaban J connectivity index is 0.00000288. The summed E-state index contributed by atoms with van der Waals surface area (Å²) in [7, 11) is 0. The van der Waals surface area contributed by atoms with Crippen LogP contribution >= 0.6 is 0 Å². The molecule has 1 aromatic carbocycles. The number of nitrogens with two attached hydrogens (primary N) is 1. The highest BCUT2D eigenvalue weighted by Crippen LogP contribution is 2.31. The van der Waals surface area contributed by atoms with Crippen molar-refractivity contribution in [3.05, 3.63) is 59.0 Å². The molecule has 0 aliphatic heterocycles. The zero-order chi connectivity index (χ0) is 17.3. The first-order valence-electron chi connectivity index (χ1n) is 7.31. The first kappa shape index (κ1) is 19.7. The van der Waals surface area contributed by atoms with Crippen LogP contribution in [0.5, 0.6) is 0 Å². The summed E-state index contributed by atoms with van der Waals surface area (Å²) in [6, 6.07) is 8.27. The molecule has 0 unspecified atom stereocenters. The third kappa shape index (κ3) is 4.12. The summed E-state index contributed by atoms with van der Waals surface area (Å²) in [6.07, 6.45) is 3.20. The molecule has 0 radical (unpaired) electrons. The van der Waals surface area contributed by atoms with Gasteiger partial charge in [0.25, 0.3) is 11.9 Å². The molecule has 2 rings (SSSR count). The summed E-state index contributed by atoms with van der Waals surface area (Å²) in [6.45, 7) is 15.5. The molecule has 6 nitrogen and oxygen atoms in total. The lowest BCUT2D eigenvalue weighted by Gasteiger charge is -2.20. The zero-order valence-electron chi connectivity index (χ0n) is 14.3. The summed E-state index contributed by atoms with van der Waals surface area (Å²) >= 11 is 0. The zero-order valence-corrected chi connectivity index (χ0v) is 15.9. The van der Waals surface area contributed by atoms with Crippen molar-refractivity contribution in [3.8, 4) is 6.07 Å². The predicted molar refractivity (Wildman–Crippen MR) is 86.4 cm³/mol. The van der Waals surface area contributed by atoms with Gasteiger partial charge in [-0.2, -0.15) is 5.26 Å². The van der Waals surface area contributed by atoms with Crippen LogP contribution in [0.4, 0.5) is 0 Å². The van der Waals surface area contributed by atoms with Gasteiger partial charge in [-0.3, -0.25) is 5.84 Å². The second-order valence-electron chi connectivity index (χ2n) is 6.72. The van der Waals surface area contributed by atoms with Crippen LogP contribution in [0.2, 0.25) is 0 Å². The minimum atomic E-state index is -0.645. The maximum absolute atomic E-state index is 9.43. The summed E-state index contributed by atoms with van der Waals surface area (Å²) < 4.78 is 3.10. The largest absolute Gasteiger partial charge is 1.00 e. The van der Waals surface area contributed by atoms with E-state index in [0.29, 0.717) is 6.54 Å². The fraction of sp³-hybridized carbons (Fsp3) is 0.412. The summed E-state index contributed by atoms with van der Waals surface area (Å²) in [5.41, 5.74) is 1.52. The molecule has 24 heavy (non-hydrogen) atoms. The molecule has 0 fully saturated rings. The van der Waals surface area contributed by atoms with E-state index in [0.717, 1.165) is 16.7 Å². The SMILES string of the molecule is [Br-].[C-]#[N+]C(C)(C)c1cc(Cn2c[n+](N)cn2)cc(C(C)(C)C#N)c1. The predicted octanol–water partition coefficient (Wildman–Crippen LogP) is -1.11. The molecule has 1 aromatic heterocycles. The lowest BCUT2D eigenvalue weighted by Crippen LogP contribution is -3.00. The fourth-order valence-corrected chi connectivity index (χ4v) is 2.23. The van der Waals surface area contributed by atoms with E-state index >= 15 is 0 Å². The monoisotopic (exact) mass is 388 g/mol. The standard InChI is InChI=1S/C17H21N6.BrH/c1-16(2,10-18)14-6-13(9-23-12-22(19)11-21-23)7-15(8-14)17(3,4)20-5;/h6-8,11-12H,9,19H2,1-4H3;1H/q+1;/p-1. The number of nitrogen functional groups attached to an aromatic ring is 1. The number of benzene rings is 1. The van der Waals surface area contributed by atoms with E-state index in [9.17, 15) is 5.26 Å². The number of rotatable bonds is 4. The number of nitrogens with zero attached hydrogens (tertiary/aromatic N) is 5. The Hall–Kier alpha value is -2.38. The molecule has 0 amide bonds. The molecule has 2 aromatic rings. The maximum Gasteiger partial charge on any atom is 0.286 e. The molecule has 0 saturated carbocycles. The minimum absolute atomic E-state index is 0. The van der Waals surface area contributed by atoms with Gasteiger partial charge in [0.1, 0.15) is 6.54 Å². The highest BCUT2D eigenvalue weighted by molar-refractivity contribution is 5.41. The lowest BCUT2D eigenvalue weighted by atomic mass is 9.81. The molecular formula is C17H21BrN6. The Labute approximate surface area is 153 Å². The van der Waals surface area contributed by atoms with Crippen LogP contribution in [0.3, 0.4) is 0 Å². The Bertz CT molecular complexity index is 763. The molecule has 0 aliphatic rings. The highest BCUT2D eigenvalue weighted by atomic mass is 79.9.